The molecular weight excluding hydrogens is 252 g/mol. The van der Waals surface area contributed by atoms with Crippen LogP contribution in [0.1, 0.15) is 32.0 Å². The van der Waals surface area contributed by atoms with Crippen molar-refractivity contribution in [1.29, 1.82) is 0 Å². The lowest BCUT2D eigenvalue weighted by Gasteiger charge is -2.40. The fraction of sp³-hybridized carbons (Fsp3) is 0.583. The summed E-state index contributed by atoms with van der Waals surface area (Å²) in [7, 11) is 1.59. The number of hydrogen-bond acceptors (Lipinski definition) is 4. The molecule has 1 aliphatic rings. The number of aromatic nitrogens is 4. The van der Waals surface area contributed by atoms with Crippen LogP contribution in [0.25, 0.3) is 11.2 Å². The Bertz CT molecular complexity index is 591. The molecule has 1 fully saturated rings. The molecule has 0 amide bonds. The molecule has 18 heavy (non-hydrogen) atoms. The Morgan fingerprint density at radius 2 is 2.22 bits per heavy atom. The van der Waals surface area contributed by atoms with Crippen molar-refractivity contribution in [2.24, 2.45) is 0 Å². The molecule has 2 aromatic rings. The maximum atomic E-state index is 6.01. The fourth-order valence-corrected chi connectivity index (χ4v) is 2.81. The van der Waals surface area contributed by atoms with Gasteiger partial charge in [-0.05, 0) is 26.2 Å². The van der Waals surface area contributed by atoms with Crippen molar-refractivity contribution >= 4 is 22.8 Å². The van der Waals surface area contributed by atoms with Crippen LogP contribution in [-0.4, -0.2) is 26.6 Å². The first kappa shape index (κ1) is 11.7. The molecule has 0 atom stereocenters. The van der Waals surface area contributed by atoms with E-state index in [1.54, 1.807) is 7.11 Å². The molecule has 3 rings (SSSR count). The molecule has 0 aliphatic heterocycles. The minimum absolute atomic E-state index is 0.0817. The number of hydrogen-bond donors (Lipinski definition) is 0. The summed E-state index contributed by atoms with van der Waals surface area (Å²) in [6, 6.07) is 0. The highest BCUT2D eigenvalue weighted by Gasteiger charge is 2.37. The Labute approximate surface area is 110 Å². The third-order valence-corrected chi connectivity index (χ3v) is 4.00. The number of imidazole rings is 1. The molecule has 0 bridgehead atoms. The van der Waals surface area contributed by atoms with E-state index in [0.29, 0.717) is 17.3 Å². The van der Waals surface area contributed by atoms with E-state index in [-0.39, 0.29) is 5.54 Å². The number of methoxy groups -OCH3 is 1. The second-order valence-electron chi connectivity index (χ2n) is 4.90. The zero-order valence-corrected chi connectivity index (χ0v) is 11.2. The van der Waals surface area contributed by atoms with Crippen molar-refractivity contribution in [3.05, 3.63) is 12.2 Å². The summed E-state index contributed by atoms with van der Waals surface area (Å²) in [6.45, 7) is 2.22. The second-order valence-corrected chi connectivity index (χ2v) is 5.17. The number of alkyl halides is 1. The van der Waals surface area contributed by atoms with Crippen molar-refractivity contribution in [1.82, 2.24) is 19.5 Å². The van der Waals surface area contributed by atoms with Gasteiger partial charge in [-0.2, -0.15) is 4.98 Å². The fourth-order valence-electron chi connectivity index (χ4n) is 2.63. The minimum Gasteiger partial charge on any atom is -0.479 e. The van der Waals surface area contributed by atoms with E-state index in [4.69, 9.17) is 16.3 Å². The second kappa shape index (κ2) is 4.09. The molecular formula is C12H15ClN4O. The maximum absolute atomic E-state index is 6.01. The maximum Gasteiger partial charge on any atom is 0.245 e. The SMILES string of the molecule is COc1ncnc2c1nc(CCl)n2C1(C)CCC1. The Kier molecular flexibility index (Phi) is 2.66. The van der Waals surface area contributed by atoms with Crippen LogP contribution in [0.3, 0.4) is 0 Å². The third kappa shape index (κ3) is 1.50. The van der Waals surface area contributed by atoms with Gasteiger partial charge in [0.15, 0.2) is 11.2 Å². The molecule has 0 aromatic carbocycles. The zero-order valence-electron chi connectivity index (χ0n) is 10.5. The highest BCUT2D eigenvalue weighted by Crippen LogP contribution is 2.42. The van der Waals surface area contributed by atoms with E-state index in [0.717, 1.165) is 24.3 Å². The van der Waals surface area contributed by atoms with Crippen LogP contribution in [0.15, 0.2) is 6.33 Å². The zero-order chi connectivity index (χ0) is 12.8. The summed E-state index contributed by atoms with van der Waals surface area (Å²) in [5.74, 6) is 1.72. The average Bonchev–Trinajstić information content (AvgIpc) is 2.74. The third-order valence-electron chi connectivity index (χ3n) is 3.76. The Morgan fingerprint density at radius 3 is 2.78 bits per heavy atom. The number of nitrogens with zero attached hydrogens (tertiary/aromatic N) is 4. The van der Waals surface area contributed by atoms with Gasteiger partial charge in [0.2, 0.25) is 5.88 Å². The molecule has 0 radical (unpaired) electrons. The molecule has 6 heteroatoms. The molecule has 96 valence electrons. The average molecular weight is 267 g/mol. The standard InChI is InChI=1S/C12H15ClN4O/c1-12(4-3-5-12)17-8(6-13)16-9-10(17)14-7-15-11(9)18-2/h7H,3-6H2,1-2H3. The van der Waals surface area contributed by atoms with Crippen molar-refractivity contribution in [2.75, 3.05) is 7.11 Å². The van der Waals surface area contributed by atoms with Crippen molar-refractivity contribution in [2.45, 2.75) is 37.6 Å². The van der Waals surface area contributed by atoms with Gasteiger partial charge in [-0.25, -0.2) is 9.97 Å². The smallest absolute Gasteiger partial charge is 0.245 e. The Morgan fingerprint density at radius 1 is 1.44 bits per heavy atom. The van der Waals surface area contributed by atoms with Crippen molar-refractivity contribution in [3.63, 3.8) is 0 Å². The lowest BCUT2D eigenvalue weighted by atomic mass is 9.78. The molecule has 0 spiro atoms. The molecule has 2 aromatic heterocycles. The summed E-state index contributed by atoms with van der Waals surface area (Å²) < 4.78 is 7.39. The lowest BCUT2D eigenvalue weighted by molar-refractivity contribution is 0.170. The minimum atomic E-state index is 0.0817. The van der Waals surface area contributed by atoms with Gasteiger partial charge in [0.25, 0.3) is 0 Å². The van der Waals surface area contributed by atoms with Gasteiger partial charge in [0, 0.05) is 5.54 Å². The molecule has 1 aliphatic carbocycles. The van der Waals surface area contributed by atoms with Gasteiger partial charge in [-0.3, -0.25) is 0 Å². The van der Waals surface area contributed by atoms with Gasteiger partial charge in [-0.15, -0.1) is 11.6 Å². The largest absolute Gasteiger partial charge is 0.479 e. The monoisotopic (exact) mass is 266 g/mol. The van der Waals surface area contributed by atoms with Gasteiger partial charge in [0.1, 0.15) is 12.2 Å². The van der Waals surface area contributed by atoms with Gasteiger partial charge >= 0.3 is 0 Å². The quantitative estimate of drug-likeness (QED) is 0.801. The summed E-state index contributed by atoms with van der Waals surface area (Å²) >= 11 is 6.01. The van der Waals surface area contributed by atoms with E-state index in [2.05, 4.69) is 26.4 Å². The van der Waals surface area contributed by atoms with Crippen LogP contribution in [-0.2, 0) is 11.4 Å². The summed E-state index contributed by atoms with van der Waals surface area (Å²) in [5.41, 5.74) is 1.60. The normalized spacial score (nSPS) is 17.7. The number of ether oxygens (including phenoxy) is 1. The number of halogens is 1. The van der Waals surface area contributed by atoms with E-state index in [1.807, 2.05) is 0 Å². The Balaban J connectivity index is 2.28. The van der Waals surface area contributed by atoms with Crippen LogP contribution in [0.2, 0.25) is 0 Å². The first-order valence-electron chi connectivity index (χ1n) is 6.02. The van der Waals surface area contributed by atoms with Crippen LogP contribution in [0.4, 0.5) is 0 Å². The molecule has 0 N–H and O–H groups in total. The first-order chi connectivity index (χ1) is 8.69. The highest BCUT2D eigenvalue weighted by molar-refractivity contribution is 6.16. The van der Waals surface area contributed by atoms with Crippen LogP contribution in [0.5, 0.6) is 5.88 Å². The topological polar surface area (TPSA) is 52.8 Å². The van der Waals surface area contributed by atoms with Crippen LogP contribution >= 0.6 is 11.6 Å². The predicted molar refractivity (Wildman–Crippen MR) is 68.9 cm³/mol. The summed E-state index contributed by atoms with van der Waals surface area (Å²) in [4.78, 5) is 13.0. The first-order valence-corrected chi connectivity index (χ1v) is 6.56. The molecule has 0 saturated heterocycles. The van der Waals surface area contributed by atoms with Gasteiger partial charge in [0.05, 0.1) is 13.0 Å². The van der Waals surface area contributed by atoms with Crippen molar-refractivity contribution < 1.29 is 4.74 Å². The van der Waals surface area contributed by atoms with Gasteiger partial charge < -0.3 is 9.30 Å². The molecule has 1 saturated carbocycles. The number of fused-ring (bicyclic) bond motifs is 1. The number of rotatable bonds is 3. The van der Waals surface area contributed by atoms with Gasteiger partial charge in [-0.1, -0.05) is 0 Å². The van der Waals surface area contributed by atoms with E-state index >= 15 is 0 Å². The van der Waals surface area contributed by atoms with Crippen LogP contribution in [0, 0.1) is 0 Å². The van der Waals surface area contributed by atoms with E-state index in [1.165, 1.54) is 12.7 Å². The molecule has 5 nitrogen and oxygen atoms in total. The lowest BCUT2D eigenvalue weighted by Crippen LogP contribution is -2.38. The van der Waals surface area contributed by atoms with Crippen molar-refractivity contribution in [3.8, 4) is 5.88 Å². The molecule has 0 unspecified atom stereocenters. The van der Waals surface area contributed by atoms with E-state index in [9.17, 15) is 0 Å². The summed E-state index contributed by atoms with van der Waals surface area (Å²) in [5, 5.41) is 0. The predicted octanol–water partition coefficient (Wildman–Crippen LogP) is 2.47. The van der Waals surface area contributed by atoms with Crippen LogP contribution < -0.4 is 4.74 Å². The molecule has 2 heterocycles. The van der Waals surface area contributed by atoms with E-state index < -0.39 is 0 Å². The highest BCUT2D eigenvalue weighted by atomic mass is 35.5. The Hall–Kier alpha value is -1.36. The summed E-state index contributed by atoms with van der Waals surface area (Å²) in [6.07, 6.45) is 5.02.